The lowest BCUT2D eigenvalue weighted by molar-refractivity contribution is -0.870. The molecule has 0 aromatic carbocycles. The van der Waals surface area contributed by atoms with Gasteiger partial charge in [-0.05, 0) is 57.8 Å². The molecule has 0 saturated carbocycles. The minimum atomic E-state index is -4.36. The fourth-order valence-electron chi connectivity index (χ4n) is 10.6. The molecule has 0 rings (SSSR count). The van der Waals surface area contributed by atoms with Crippen molar-refractivity contribution >= 4 is 13.7 Å². The van der Waals surface area contributed by atoms with Crippen LogP contribution >= 0.6 is 7.82 Å². The predicted molar refractivity (Wildman–Crippen MR) is 346 cm³/mol. The van der Waals surface area contributed by atoms with E-state index in [0.29, 0.717) is 17.4 Å². The monoisotopic (exact) mass is 1130 g/mol. The van der Waals surface area contributed by atoms with Gasteiger partial charge in [0.25, 0.3) is 0 Å². The Bertz CT molecular complexity index is 1380. The minimum absolute atomic E-state index is 0.0574. The maximum absolute atomic E-state index is 13.0. The molecule has 1 amide bonds. The largest absolute Gasteiger partial charge is 0.472 e. The quantitative estimate of drug-likeness (QED) is 0.0243. The van der Waals surface area contributed by atoms with Crippen LogP contribution in [0.4, 0.5) is 0 Å². The van der Waals surface area contributed by atoms with E-state index in [2.05, 4.69) is 43.5 Å². The van der Waals surface area contributed by atoms with Gasteiger partial charge in [-0.2, -0.15) is 0 Å². The lowest BCUT2D eigenvalue weighted by atomic mass is 10.0. The van der Waals surface area contributed by atoms with Crippen molar-refractivity contribution in [3.05, 3.63) is 36.5 Å². The second-order valence-electron chi connectivity index (χ2n) is 25.3. The maximum Gasteiger partial charge on any atom is 0.472 e. The third-order valence-corrected chi connectivity index (χ3v) is 17.1. The van der Waals surface area contributed by atoms with Gasteiger partial charge in [0.2, 0.25) is 5.91 Å². The van der Waals surface area contributed by atoms with E-state index in [-0.39, 0.29) is 19.1 Å². The Morgan fingerprint density at radius 2 is 0.696 bits per heavy atom. The lowest BCUT2D eigenvalue weighted by Gasteiger charge is -2.25. The summed E-state index contributed by atoms with van der Waals surface area (Å²) in [5, 5.41) is 14.0. The van der Waals surface area contributed by atoms with Crippen molar-refractivity contribution in [3.63, 3.8) is 0 Å². The Balaban J connectivity index is 4.09. The van der Waals surface area contributed by atoms with E-state index in [1.807, 2.05) is 27.2 Å². The number of phosphoric acid groups is 1. The van der Waals surface area contributed by atoms with Gasteiger partial charge < -0.3 is 19.8 Å². The average Bonchev–Trinajstić information content (AvgIpc) is 3.42. The summed E-state index contributed by atoms with van der Waals surface area (Å²) < 4.78 is 23.8. The summed E-state index contributed by atoms with van der Waals surface area (Å²) in [5.74, 6) is -0.181. The third-order valence-electron chi connectivity index (χ3n) is 16.1. The lowest BCUT2D eigenvalue weighted by Crippen LogP contribution is -2.45. The van der Waals surface area contributed by atoms with Crippen LogP contribution in [0.5, 0.6) is 0 Å². The smallest absolute Gasteiger partial charge is 0.387 e. The SMILES string of the molecule is CCCCCCCCCC/C=C\CCCCCCCCCCCCCCCC(=O)NC(COP(=O)(O)OCC[N+](C)(C)C)C(O)/C=C/CC/C=C/CCCCCCCCCCCCCCCCCCCCCCCCCCCC. The number of rotatable bonds is 65. The first kappa shape index (κ1) is 77.7. The topological polar surface area (TPSA) is 105 Å². The van der Waals surface area contributed by atoms with Gasteiger partial charge >= 0.3 is 7.82 Å². The highest BCUT2D eigenvalue weighted by Gasteiger charge is 2.28. The second kappa shape index (κ2) is 61.3. The normalized spacial score (nSPS) is 13.9. The number of aliphatic hydroxyl groups is 1. The highest BCUT2D eigenvalue weighted by molar-refractivity contribution is 7.47. The van der Waals surface area contributed by atoms with Crippen molar-refractivity contribution < 1.29 is 32.9 Å². The Hall–Kier alpha value is -1.28. The van der Waals surface area contributed by atoms with Crippen LogP contribution in [0.15, 0.2) is 36.5 Å². The number of phosphoric ester groups is 1. The molecule has 0 spiro atoms. The Kier molecular flexibility index (Phi) is 60.3. The molecule has 3 unspecified atom stereocenters. The summed E-state index contributed by atoms with van der Waals surface area (Å²) in [6.45, 7) is 4.85. The Labute approximate surface area is 493 Å². The molecule has 0 aliphatic carbocycles. The van der Waals surface area contributed by atoms with Crippen LogP contribution in [0.3, 0.4) is 0 Å². The number of carbonyl (C=O) groups excluding carboxylic acids is 1. The summed E-state index contributed by atoms with van der Waals surface area (Å²) in [5.41, 5.74) is 0. The third kappa shape index (κ3) is 64.1. The first-order chi connectivity index (χ1) is 38.5. The maximum atomic E-state index is 13.0. The van der Waals surface area contributed by atoms with Crippen LogP contribution in [-0.4, -0.2) is 73.4 Å². The van der Waals surface area contributed by atoms with Crippen LogP contribution < -0.4 is 5.32 Å². The van der Waals surface area contributed by atoms with Crippen LogP contribution in [0.25, 0.3) is 0 Å². The number of unbranched alkanes of at least 4 members (excludes halogenated alkanes) is 48. The zero-order valence-corrected chi connectivity index (χ0v) is 54.5. The fourth-order valence-corrected chi connectivity index (χ4v) is 11.4. The second-order valence-corrected chi connectivity index (χ2v) is 26.7. The van der Waals surface area contributed by atoms with Gasteiger partial charge in [-0.15, -0.1) is 0 Å². The molecule has 0 heterocycles. The highest BCUT2D eigenvalue weighted by Crippen LogP contribution is 2.43. The molecular formula is C70H138N2O6P+. The average molecular weight is 1130 g/mol. The molecule has 468 valence electrons. The first-order valence-corrected chi connectivity index (χ1v) is 36.4. The number of quaternary nitrogens is 1. The number of nitrogens with one attached hydrogen (secondary N) is 1. The van der Waals surface area contributed by atoms with Gasteiger partial charge in [-0.25, -0.2) is 4.57 Å². The standard InChI is InChI=1S/C70H137N2O6P/c1-6-8-10-12-14-16-18-20-22-24-26-28-30-32-33-34-35-36-37-38-40-41-43-45-47-49-51-53-55-57-59-61-63-69(73)68(67-78-79(75,76)77-66-65-72(3,4)5)71-70(74)64-62-60-58-56-54-52-50-48-46-44-42-39-31-29-27-25-23-21-19-17-15-13-11-9-7-2/h25,27,53,55,61,63,68-69,73H,6-24,26,28-52,54,56-60,62,64-67H2,1-5H3,(H-,71,74,75,76)/p+1/b27-25-,55-53+,63-61+. The van der Waals surface area contributed by atoms with Crippen LogP contribution in [-0.2, 0) is 18.4 Å². The molecule has 0 aromatic heterocycles. The van der Waals surface area contributed by atoms with Crippen molar-refractivity contribution in [2.75, 3.05) is 40.9 Å². The molecule has 8 nitrogen and oxygen atoms in total. The summed E-state index contributed by atoms with van der Waals surface area (Å²) in [7, 11) is 1.57. The molecule has 0 aliphatic rings. The van der Waals surface area contributed by atoms with Crippen molar-refractivity contribution in [1.29, 1.82) is 0 Å². The van der Waals surface area contributed by atoms with Gasteiger partial charge in [0.15, 0.2) is 0 Å². The summed E-state index contributed by atoms with van der Waals surface area (Å²) in [6.07, 6.45) is 81.6. The molecule has 0 saturated heterocycles. The molecule has 9 heteroatoms. The number of hydrogen-bond acceptors (Lipinski definition) is 5. The van der Waals surface area contributed by atoms with E-state index in [9.17, 15) is 19.4 Å². The van der Waals surface area contributed by atoms with Crippen molar-refractivity contribution in [2.24, 2.45) is 0 Å². The van der Waals surface area contributed by atoms with Gasteiger partial charge in [0.1, 0.15) is 13.2 Å². The van der Waals surface area contributed by atoms with Gasteiger partial charge in [-0.3, -0.25) is 13.8 Å². The van der Waals surface area contributed by atoms with Gasteiger partial charge in [0.05, 0.1) is 39.9 Å². The summed E-state index contributed by atoms with van der Waals surface area (Å²) in [4.78, 5) is 23.4. The molecule has 0 aromatic rings. The van der Waals surface area contributed by atoms with Crippen molar-refractivity contribution in [1.82, 2.24) is 5.32 Å². The van der Waals surface area contributed by atoms with Crippen LogP contribution in [0, 0.1) is 0 Å². The molecule has 3 atom stereocenters. The minimum Gasteiger partial charge on any atom is -0.387 e. The van der Waals surface area contributed by atoms with Crippen molar-refractivity contribution in [2.45, 2.75) is 366 Å². The van der Waals surface area contributed by atoms with E-state index in [4.69, 9.17) is 9.05 Å². The predicted octanol–water partition coefficient (Wildman–Crippen LogP) is 22.1. The molecular weight excluding hydrogens is 996 g/mol. The highest BCUT2D eigenvalue weighted by atomic mass is 31.2. The summed E-state index contributed by atoms with van der Waals surface area (Å²) in [6, 6.07) is -0.864. The number of nitrogens with zero attached hydrogens (tertiary/aromatic N) is 1. The number of carbonyl (C=O) groups is 1. The Morgan fingerprint density at radius 1 is 0.418 bits per heavy atom. The fraction of sp³-hybridized carbons (Fsp3) is 0.900. The Morgan fingerprint density at radius 3 is 1.01 bits per heavy atom. The summed E-state index contributed by atoms with van der Waals surface area (Å²) >= 11 is 0. The molecule has 0 fully saturated rings. The number of likely N-dealkylation sites (N-methyl/N-ethyl adjacent to an activating group) is 1. The number of allylic oxidation sites excluding steroid dienone is 5. The zero-order chi connectivity index (χ0) is 57.7. The van der Waals surface area contributed by atoms with Crippen LogP contribution in [0.2, 0.25) is 0 Å². The zero-order valence-electron chi connectivity index (χ0n) is 53.6. The van der Waals surface area contributed by atoms with Crippen LogP contribution in [0.1, 0.15) is 354 Å². The first-order valence-electron chi connectivity index (χ1n) is 34.9. The number of aliphatic hydroxyl groups excluding tert-OH is 1. The van der Waals surface area contributed by atoms with E-state index < -0.39 is 20.0 Å². The molecule has 0 radical (unpaired) electrons. The van der Waals surface area contributed by atoms with E-state index >= 15 is 0 Å². The van der Waals surface area contributed by atoms with Crippen molar-refractivity contribution in [3.8, 4) is 0 Å². The molecule has 79 heavy (non-hydrogen) atoms. The molecule has 0 aliphatic heterocycles. The van der Waals surface area contributed by atoms with Gasteiger partial charge in [0, 0.05) is 6.42 Å². The molecule has 3 N–H and O–H groups in total. The van der Waals surface area contributed by atoms with E-state index in [1.54, 1.807) is 6.08 Å². The van der Waals surface area contributed by atoms with E-state index in [1.165, 1.54) is 295 Å². The number of amides is 1. The van der Waals surface area contributed by atoms with Gasteiger partial charge in [-0.1, -0.05) is 326 Å². The number of hydrogen-bond donors (Lipinski definition) is 3. The van der Waals surface area contributed by atoms with E-state index in [0.717, 1.165) is 38.5 Å². The molecule has 0 bridgehead atoms.